The highest BCUT2D eigenvalue weighted by molar-refractivity contribution is 7.99. The van der Waals surface area contributed by atoms with E-state index in [1.807, 2.05) is 20.8 Å². The first-order chi connectivity index (χ1) is 15.6. The summed E-state index contributed by atoms with van der Waals surface area (Å²) in [6.07, 6.45) is 0.457. The summed E-state index contributed by atoms with van der Waals surface area (Å²) in [6.45, 7) is 6.58. The summed E-state index contributed by atoms with van der Waals surface area (Å²) in [7, 11) is 0. The third-order valence-electron chi connectivity index (χ3n) is 4.99. The zero-order chi connectivity index (χ0) is 24.5. The lowest BCUT2D eigenvalue weighted by molar-refractivity contribution is -0.139. The van der Waals surface area contributed by atoms with E-state index >= 15 is 0 Å². The molecule has 33 heavy (non-hydrogen) atoms. The average Bonchev–Trinajstić information content (AvgIpc) is 2.76. The van der Waals surface area contributed by atoms with Crippen molar-refractivity contribution in [1.82, 2.24) is 10.2 Å². The van der Waals surface area contributed by atoms with Crippen LogP contribution in [0.4, 0.5) is 0 Å². The molecular formula is C24H28Cl4N2O2S. The zero-order valence-corrected chi connectivity index (χ0v) is 22.7. The summed E-state index contributed by atoms with van der Waals surface area (Å²) in [5.74, 6) is 0.538. The van der Waals surface area contributed by atoms with Crippen LogP contribution in [0.3, 0.4) is 0 Å². The molecule has 180 valence electrons. The van der Waals surface area contributed by atoms with Gasteiger partial charge < -0.3 is 10.2 Å². The van der Waals surface area contributed by atoms with Crippen LogP contribution in [0.2, 0.25) is 20.1 Å². The lowest BCUT2D eigenvalue weighted by Gasteiger charge is -2.31. The molecule has 0 fully saturated rings. The van der Waals surface area contributed by atoms with E-state index in [1.165, 1.54) is 11.8 Å². The predicted molar refractivity (Wildman–Crippen MR) is 142 cm³/mol. The third-order valence-corrected chi connectivity index (χ3v) is 7.35. The van der Waals surface area contributed by atoms with Crippen molar-refractivity contribution >= 4 is 70.0 Å². The van der Waals surface area contributed by atoms with Gasteiger partial charge in [-0.2, -0.15) is 0 Å². The first kappa shape index (κ1) is 28.1. The Morgan fingerprint density at radius 3 is 1.94 bits per heavy atom. The van der Waals surface area contributed by atoms with E-state index in [-0.39, 0.29) is 24.1 Å². The van der Waals surface area contributed by atoms with Gasteiger partial charge in [-0.3, -0.25) is 9.59 Å². The Kier molecular flexibility index (Phi) is 11.7. The molecule has 0 aliphatic heterocycles. The highest BCUT2D eigenvalue weighted by atomic mass is 35.5. The van der Waals surface area contributed by atoms with Gasteiger partial charge in [0.15, 0.2) is 0 Å². The number of amides is 2. The molecule has 0 heterocycles. The number of halogens is 4. The molecule has 0 aliphatic rings. The molecule has 0 bridgehead atoms. The quantitative estimate of drug-likeness (QED) is 0.325. The largest absolute Gasteiger partial charge is 0.354 e. The second-order valence-corrected chi connectivity index (χ2v) is 10.6. The van der Waals surface area contributed by atoms with E-state index in [9.17, 15) is 9.59 Å². The highest BCUT2D eigenvalue weighted by Crippen LogP contribution is 2.30. The fourth-order valence-corrected chi connectivity index (χ4v) is 5.35. The van der Waals surface area contributed by atoms with Gasteiger partial charge in [0, 0.05) is 44.5 Å². The van der Waals surface area contributed by atoms with Crippen LogP contribution in [0.25, 0.3) is 0 Å². The van der Waals surface area contributed by atoms with Gasteiger partial charge in [-0.1, -0.05) is 79.3 Å². The normalized spacial score (nSPS) is 12.0. The summed E-state index contributed by atoms with van der Waals surface area (Å²) < 4.78 is 0. The number of thioether (sulfide) groups is 1. The van der Waals surface area contributed by atoms with Crippen molar-refractivity contribution in [3.63, 3.8) is 0 Å². The second-order valence-electron chi connectivity index (χ2n) is 7.98. The number of hydrogen-bond donors (Lipinski definition) is 1. The maximum absolute atomic E-state index is 13.3. The number of hydrogen-bond acceptors (Lipinski definition) is 3. The molecule has 1 unspecified atom stereocenters. The van der Waals surface area contributed by atoms with Crippen molar-refractivity contribution in [2.24, 2.45) is 5.92 Å². The minimum atomic E-state index is -0.645. The van der Waals surface area contributed by atoms with Crippen LogP contribution < -0.4 is 5.32 Å². The van der Waals surface area contributed by atoms with Crippen LogP contribution >= 0.6 is 58.2 Å². The Balaban J connectivity index is 2.22. The lowest BCUT2D eigenvalue weighted by atomic mass is 10.1. The van der Waals surface area contributed by atoms with E-state index in [0.717, 1.165) is 5.56 Å². The van der Waals surface area contributed by atoms with E-state index < -0.39 is 6.04 Å². The van der Waals surface area contributed by atoms with Crippen LogP contribution in [0.5, 0.6) is 0 Å². The smallest absolute Gasteiger partial charge is 0.242 e. The number of nitrogens with zero attached hydrogens (tertiary/aromatic N) is 1. The fourth-order valence-electron chi connectivity index (χ4n) is 3.19. The standard InChI is InChI=1S/C24H28Cl4N2O2S/c1-4-22(24(32)29-11-15(2)3)30(12-16-18(25)7-5-8-19(16)26)23(31)14-33-13-17-20(27)9-6-10-21(17)28/h5-10,15,22H,4,11-14H2,1-3H3,(H,29,32). The molecule has 4 nitrogen and oxygen atoms in total. The predicted octanol–water partition coefficient (Wildman–Crippen LogP) is 7.11. The molecule has 2 amide bonds. The van der Waals surface area contributed by atoms with Crippen molar-refractivity contribution in [3.8, 4) is 0 Å². The van der Waals surface area contributed by atoms with Gasteiger partial charge in [0.1, 0.15) is 6.04 Å². The Morgan fingerprint density at radius 1 is 0.939 bits per heavy atom. The van der Waals surface area contributed by atoms with Crippen molar-refractivity contribution in [2.75, 3.05) is 12.3 Å². The number of benzene rings is 2. The number of rotatable bonds is 11. The average molecular weight is 550 g/mol. The van der Waals surface area contributed by atoms with Crippen molar-refractivity contribution < 1.29 is 9.59 Å². The van der Waals surface area contributed by atoms with Gasteiger partial charge in [0.2, 0.25) is 11.8 Å². The molecule has 9 heteroatoms. The highest BCUT2D eigenvalue weighted by Gasteiger charge is 2.29. The summed E-state index contributed by atoms with van der Waals surface area (Å²) in [6, 6.07) is 9.86. The van der Waals surface area contributed by atoms with E-state index in [1.54, 1.807) is 41.3 Å². The van der Waals surface area contributed by atoms with Crippen molar-refractivity contribution in [2.45, 2.75) is 45.5 Å². The van der Waals surface area contributed by atoms with Crippen molar-refractivity contribution in [1.29, 1.82) is 0 Å². The molecule has 2 rings (SSSR count). The molecule has 2 aromatic rings. The molecule has 0 spiro atoms. The summed E-state index contributed by atoms with van der Waals surface area (Å²) in [5.41, 5.74) is 1.39. The first-order valence-electron chi connectivity index (χ1n) is 10.7. The Labute approximate surface area is 220 Å². The minimum absolute atomic E-state index is 0.137. The van der Waals surface area contributed by atoms with Crippen LogP contribution in [-0.2, 0) is 21.9 Å². The first-order valence-corrected chi connectivity index (χ1v) is 13.3. The molecule has 2 aromatic carbocycles. The lowest BCUT2D eigenvalue weighted by Crippen LogP contribution is -2.50. The molecule has 0 aliphatic carbocycles. The number of nitrogens with one attached hydrogen (secondary N) is 1. The summed E-state index contributed by atoms with van der Waals surface area (Å²) in [4.78, 5) is 27.9. The Hall–Kier alpha value is -1.11. The van der Waals surface area contributed by atoms with E-state index in [0.29, 0.717) is 50.3 Å². The summed E-state index contributed by atoms with van der Waals surface area (Å²) >= 11 is 26.6. The maximum atomic E-state index is 13.3. The molecule has 0 saturated heterocycles. The van der Waals surface area contributed by atoms with Gasteiger partial charge in [0.05, 0.1) is 5.75 Å². The molecule has 0 aromatic heterocycles. The number of carbonyl (C=O) groups excluding carboxylic acids is 2. The molecule has 0 saturated carbocycles. The van der Waals surface area contributed by atoms with Gasteiger partial charge in [-0.25, -0.2) is 0 Å². The Bertz CT molecular complexity index is 931. The summed E-state index contributed by atoms with van der Waals surface area (Å²) in [5, 5.41) is 4.96. The maximum Gasteiger partial charge on any atom is 0.242 e. The SMILES string of the molecule is CCC(C(=O)NCC(C)C)N(Cc1c(Cl)cccc1Cl)C(=O)CSCc1c(Cl)cccc1Cl. The molecule has 1 atom stereocenters. The molecular weight excluding hydrogens is 522 g/mol. The second kappa shape index (κ2) is 13.7. The van der Waals surface area contributed by atoms with Gasteiger partial charge in [-0.15, -0.1) is 11.8 Å². The third kappa shape index (κ3) is 8.25. The monoisotopic (exact) mass is 548 g/mol. The van der Waals surface area contributed by atoms with Crippen molar-refractivity contribution in [3.05, 3.63) is 67.6 Å². The molecule has 1 N–H and O–H groups in total. The van der Waals surface area contributed by atoms with Gasteiger partial charge in [0.25, 0.3) is 0 Å². The Morgan fingerprint density at radius 2 is 1.45 bits per heavy atom. The van der Waals surface area contributed by atoms with Crippen LogP contribution in [-0.4, -0.2) is 35.1 Å². The van der Waals surface area contributed by atoms with Crippen LogP contribution in [0, 0.1) is 5.92 Å². The van der Waals surface area contributed by atoms with Crippen LogP contribution in [0.1, 0.15) is 38.3 Å². The zero-order valence-electron chi connectivity index (χ0n) is 18.8. The topological polar surface area (TPSA) is 49.4 Å². The van der Waals surface area contributed by atoms with Gasteiger partial charge >= 0.3 is 0 Å². The van der Waals surface area contributed by atoms with E-state index in [2.05, 4.69) is 5.32 Å². The van der Waals surface area contributed by atoms with E-state index in [4.69, 9.17) is 46.4 Å². The van der Waals surface area contributed by atoms with Gasteiger partial charge in [-0.05, 0) is 42.2 Å². The van der Waals surface area contributed by atoms with Crippen LogP contribution in [0.15, 0.2) is 36.4 Å². The molecule has 0 radical (unpaired) electrons. The number of carbonyl (C=O) groups is 2. The fraction of sp³-hybridized carbons (Fsp3) is 0.417. The minimum Gasteiger partial charge on any atom is -0.354 e.